The van der Waals surface area contributed by atoms with E-state index >= 15 is 0 Å². The SMILES string of the molecule is COc1cc(C(=O)O)cc(NC(=O)CCC2Cc3ccccc3NC2=O)c1OC. The van der Waals surface area contributed by atoms with Crippen molar-refractivity contribution in [2.24, 2.45) is 5.92 Å². The van der Waals surface area contributed by atoms with Crippen LogP contribution in [0.2, 0.25) is 0 Å². The van der Waals surface area contributed by atoms with Crippen LogP contribution in [0, 0.1) is 5.92 Å². The van der Waals surface area contributed by atoms with Crippen molar-refractivity contribution in [3.63, 3.8) is 0 Å². The van der Waals surface area contributed by atoms with Gasteiger partial charge in [-0.3, -0.25) is 9.59 Å². The fourth-order valence-electron chi connectivity index (χ4n) is 3.35. The Hall–Kier alpha value is -3.55. The average molecular weight is 398 g/mol. The van der Waals surface area contributed by atoms with E-state index in [-0.39, 0.29) is 46.9 Å². The lowest BCUT2D eigenvalue weighted by atomic mass is 9.89. The van der Waals surface area contributed by atoms with Crippen LogP contribution < -0.4 is 20.1 Å². The van der Waals surface area contributed by atoms with E-state index in [9.17, 15) is 19.5 Å². The number of anilines is 2. The number of methoxy groups -OCH3 is 2. The van der Waals surface area contributed by atoms with Gasteiger partial charge in [0.25, 0.3) is 0 Å². The van der Waals surface area contributed by atoms with Crippen LogP contribution in [0.25, 0.3) is 0 Å². The summed E-state index contributed by atoms with van der Waals surface area (Å²) in [5, 5.41) is 14.8. The third kappa shape index (κ3) is 4.48. The van der Waals surface area contributed by atoms with Gasteiger partial charge in [-0.25, -0.2) is 4.79 Å². The van der Waals surface area contributed by atoms with Crippen molar-refractivity contribution in [2.45, 2.75) is 19.3 Å². The minimum Gasteiger partial charge on any atom is -0.493 e. The Kier molecular flexibility index (Phi) is 6.01. The first-order valence-electron chi connectivity index (χ1n) is 9.11. The lowest BCUT2D eigenvalue weighted by molar-refractivity contribution is -0.121. The van der Waals surface area contributed by atoms with Crippen molar-refractivity contribution >= 4 is 29.2 Å². The van der Waals surface area contributed by atoms with Gasteiger partial charge in [-0.2, -0.15) is 0 Å². The number of carbonyl (C=O) groups excluding carboxylic acids is 2. The van der Waals surface area contributed by atoms with Crippen LogP contribution in [-0.4, -0.2) is 37.1 Å². The fraction of sp³-hybridized carbons (Fsp3) is 0.286. The Labute approximate surface area is 167 Å². The molecule has 1 heterocycles. The molecular formula is C21H22N2O6. The Morgan fingerprint density at radius 2 is 1.97 bits per heavy atom. The Bertz CT molecular complexity index is 956. The van der Waals surface area contributed by atoms with Gasteiger partial charge in [0.15, 0.2) is 11.5 Å². The molecule has 0 saturated carbocycles. The molecule has 2 aromatic rings. The summed E-state index contributed by atoms with van der Waals surface area (Å²) in [5.41, 5.74) is 2.01. The van der Waals surface area contributed by atoms with Gasteiger partial charge in [-0.15, -0.1) is 0 Å². The Morgan fingerprint density at radius 1 is 1.21 bits per heavy atom. The molecule has 0 aliphatic carbocycles. The first-order chi connectivity index (χ1) is 13.9. The summed E-state index contributed by atoms with van der Waals surface area (Å²) in [6, 6.07) is 10.2. The summed E-state index contributed by atoms with van der Waals surface area (Å²) >= 11 is 0. The van der Waals surface area contributed by atoms with Crippen LogP contribution in [0.1, 0.15) is 28.8 Å². The number of para-hydroxylation sites is 1. The van der Waals surface area contributed by atoms with E-state index in [0.717, 1.165) is 11.3 Å². The molecule has 1 unspecified atom stereocenters. The number of ether oxygens (including phenoxy) is 2. The lowest BCUT2D eigenvalue weighted by Crippen LogP contribution is -2.30. The van der Waals surface area contributed by atoms with Gasteiger partial charge in [0.05, 0.1) is 25.5 Å². The van der Waals surface area contributed by atoms with Crippen molar-refractivity contribution < 1.29 is 29.0 Å². The highest BCUT2D eigenvalue weighted by Gasteiger charge is 2.26. The van der Waals surface area contributed by atoms with Crippen molar-refractivity contribution in [1.29, 1.82) is 0 Å². The van der Waals surface area contributed by atoms with Crippen LogP contribution >= 0.6 is 0 Å². The molecule has 1 atom stereocenters. The maximum atomic E-state index is 12.5. The zero-order valence-corrected chi connectivity index (χ0v) is 16.2. The van der Waals surface area contributed by atoms with Crippen LogP contribution in [0.3, 0.4) is 0 Å². The van der Waals surface area contributed by atoms with E-state index < -0.39 is 5.97 Å². The number of hydrogen-bond acceptors (Lipinski definition) is 5. The van der Waals surface area contributed by atoms with E-state index in [1.54, 1.807) is 0 Å². The molecule has 3 N–H and O–H groups in total. The molecule has 1 aliphatic rings. The topological polar surface area (TPSA) is 114 Å². The molecule has 2 aromatic carbocycles. The average Bonchev–Trinajstić information content (AvgIpc) is 2.71. The number of fused-ring (bicyclic) bond motifs is 1. The minimum atomic E-state index is -1.15. The summed E-state index contributed by atoms with van der Waals surface area (Å²) in [7, 11) is 2.78. The van der Waals surface area contributed by atoms with Crippen molar-refractivity contribution in [3.05, 3.63) is 47.5 Å². The van der Waals surface area contributed by atoms with E-state index in [1.165, 1.54) is 26.4 Å². The molecule has 0 fully saturated rings. The van der Waals surface area contributed by atoms with E-state index in [4.69, 9.17) is 9.47 Å². The zero-order valence-electron chi connectivity index (χ0n) is 16.2. The molecule has 0 aromatic heterocycles. The van der Waals surface area contributed by atoms with Gasteiger partial charge < -0.3 is 25.2 Å². The monoisotopic (exact) mass is 398 g/mol. The van der Waals surface area contributed by atoms with Crippen molar-refractivity contribution in [3.8, 4) is 11.5 Å². The maximum Gasteiger partial charge on any atom is 0.335 e. The fourth-order valence-corrected chi connectivity index (χ4v) is 3.35. The second-order valence-corrected chi connectivity index (χ2v) is 6.70. The summed E-state index contributed by atoms with van der Waals surface area (Å²) < 4.78 is 10.4. The van der Waals surface area contributed by atoms with Crippen molar-refractivity contribution in [2.75, 3.05) is 24.9 Å². The van der Waals surface area contributed by atoms with Gasteiger partial charge in [0.1, 0.15) is 0 Å². The Morgan fingerprint density at radius 3 is 2.66 bits per heavy atom. The number of carboxylic acids is 1. The number of aromatic carboxylic acids is 1. The standard InChI is InChI=1S/C21H22N2O6/c1-28-17-11-14(21(26)27)10-16(19(17)29-2)22-18(24)8-7-13-9-12-5-3-4-6-15(12)23-20(13)25/h3-6,10-11,13H,7-9H2,1-2H3,(H,22,24)(H,23,25)(H,26,27). The normalized spacial score (nSPS) is 15.1. The molecule has 0 saturated heterocycles. The van der Waals surface area contributed by atoms with Gasteiger partial charge >= 0.3 is 5.97 Å². The molecule has 29 heavy (non-hydrogen) atoms. The third-order valence-electron chi connectivity index (χ3n) is 4.83. The number of carbonyl (C=O) groups is 3. The van der Waals surface area contributed by atoms with Gasteiger partial charge in [-0.1, -0.05) is 18.2 Å². The second kappa shape index (κ2) is 8.64. The van der Waals surface area contributed by atoms with Gasteiger partial charge in [-0.05, 0) is 36.6 Å². The predicted octanol–water partition coefficient (Wildman–Crippen LogP) is 2.93. The lowest BCUT2D eigenvalue weighted by Gasteiger charge is -2.24. The molecule has 0 bridgehead atoms. The van der Waals surface area contributed by atoms with E-state index in [0.29, 0.717) is 12.8 Å². The van der Waals surface area contributed by atoms with Crippen LogP contribution in [-0.2, 0) is 16.0 Å². The summed E-state index contributed by atoms with van der Waals surface area (Å²) in [5.74, 6) is -1.49. The number of carboxylic acid groups (broad SMARTS) is 1. The number of hydrogen-bond donors (Lipinski definition) is 3. The summed E-state index contributed by atoms with van der Waals surface area (Å²) in [6.45, 7) is 0. The minimum absolute atomic E-state index is 0.0405. The largest absolute Gasteiger partial charge is 0.493 e. The van der Waals surface area contributed by atoms with Crippen LogP contribution in [0.15, 0.2) is 36.4 Å². The number of nitrogens with one attached hydrogen (secondary N) is 2. The number of amides is 2. The molecular weight excluding hydrogens is 376 g/mol. The van der Waals surface area contributed by atoms with Gasteiger partial charge in [0.2, 0.25) is 11.8 Å². The molecule has 3 rings (SSSR count). The highest BCUT2D eigenvalue weighted by atomic mass is 16.5. The van der Waals surface area contributed by atoms with Crippen LogP contribution in [0.4, 0.5) is 11.4 Å². The molecule has 1 aliphatic heterocycles. The smallest absolute Gasteiger partial charge is 0.335 e. The van der Waals surface area contributed by atoms with Crippen LogP contribution in [0.5, 0.6) is 11.5 Å². The Balaban J connectivity index is 1.69. The first kappa shape index (κ1) is 20.2. The molecule has 0 radical (unpaired) electrons. The summed E-state index contributed by atoms with van der Waals surface area (Å²) in [4.78, 5) is 36.1. The molecule has 8 heteroatoms. The van der Waals surface area contributed by atoms with Crippen molar-refractivity contribution in [1.82, 2.24) is 0 Å². The molecule has 152 valence electrons. The highest BCUT2D eigenvalue weighted by molar-refractivity contribution is 5.98. The first-order valence-corrected chi connectivity index (χ1v) is 9.11. The zero-order chi connectivity index (χ0) is 21.0. The van der Waals surface area contributed by atoms with E-state index in [2.05, 4.69) is 10.6 Å². The quantitative estimate of drug-likeness (QED) is 0.661. The second-order valence-electron chi connectivity index (χ2n) is 6.70. The van der Waals surface area contributed by atoms with Gasteiger partial charge in [0, 0.05) is 18.0 Å². The van der Waals surface area contributed by atoms with E-state index in [1.807, 2.05) is 24.3 Å². The number of benzene rings is 2. The maximum absolute atomic E-state index is 12.5. The summed E-state index contributed by atoms with van der Waals surface area (Å²) in [6.07, 6.45) is 1.04. The third-order valence-corrected chi connectivity index (χ3v) is 4.83. The molecule has 8 nitrogen and oxygen atoms in total. The number of rotatable bonds is 7. The molecule has 2 amide bonds. The predicted molar refractivity (Wildman–Crippen MR) is 107 cm³/mol. The highest BCUT2D eigenvalue weighted by Crippen LogP contribution is 2.37. The molecule has 0 spiro atoms.